The zero-order valence-corrected chi connectivity index (χ0v) is 8.96. The number of hydrogen-bond acceptors (Lipinski definition) is 2. The molecular weight excluding hydrogens is 162 g/mol. The summed E-state index contributed by atoms with van der Waals surface area (Å²) in [5.74, 6) is 0.510. The van der Waals surface area contributed by atoms with Crippen LogP contribution in [-0.2, 0) is 13.1 Å². The molecule has 0 saturated heterocycles. The Bertz CT molecular complexity index is 263. The second-order valence-corrected chi connectivity index (χ2v) is 3.58. The second kappa shape index (κ2) is 4.42. The fourth-order valence-corrected chi connectivity index (χ4v) is 1.45. The zero-order chi connectivity index (χ0) is 9.84. The number of nitrogens with one attached hydrogen (secondary N) is 1. The maximum absolute atomic E-state index is 4.52. The lowest BCUT2D eigenvalue weighted by molar-refractivity contribution is 0.635. The van der Waals surface area contributed by atoms with Gasteiger partial charge in [0, 0.05) is 24.8 Å². The van der Waals surface area contributed by atoms with Crippen LogP contribution in [0.5, 0.6) is 0 Å². The molecule has 0 aliphatic rings. The predicted octanol–water partition coefficient (Wildman–Crippen LogP) is 1.75. The first kappa shape index (κ1) is 10.3. The smallest absolute Gasteiger partial charge is 0.0694 e. The van der Waals surface area contributed by atoms with Crippen molar-refractivity contribution in [3.63, 3.8) is 0 Å². The summed E-state index contributed by atoms with van der Waals surface area (Å²) in [6, 6.07) is 0. The van der Waals surface area contributed by atoms with E-state index in [2.05, 4.69) is 37.4 Å². The van der Waals surface area contributed by atoms with Gasteiger partial charge in [0.1, 0.15) is 0 Å². The van der Waals surface area contributed by atoms with Crippen molar-refractivity contribution in [2.75, 3.05) is 7.05 Å². The van der Waals surface area contributed by atoms with Gasteiger partial charge in [0.2, 0.25) is 0 Å². The largest absolute Gasteiger partial charge is 0.316 e. The summed E-state index contributed by atoms with van der Waals surface area (Å²) in [6.07, 6.45) is 2.13. The van der Waals surface area contributed by atoms with E-state index in [4.69, 9.17) is 0 Å². The summed E-state index contributed by atoms with van der Waals surface area (Å²) in [5, 5.41) is 7.69. The Morgan fingerprint density at radius 3 is 2.69 bits per heavy atom. The van der Waals surface area contributed by atoms with Gasteiger partial charge in [0.15, 0.2) is 0 Å². The molecule has 0 atom stereocenters. The number of hydrogen-bond donors (Lipinski definition) is 1. The lowest BCUT2D eigenvalue weighted by Gasteiger charge is -2.03. The van der Waals surface area contributed by atoms with E-state index >= 15 is 0 Å². The molecule has 0 aromatic carbocycles. The highest BCUT2D eigenvalue weighted by Gasteiger charge is 2.10. The van der Waals surface area contributed by atoms with Crippen molar-refractivity contribution >= 4 is 0 Å². The van der Waals surface area contributed by atoms with Gasteiger partial charge in [-0.1, -0.05) is 13.8 Å². The molecule has 0 amide bonds. The summed E-state index contributed by atoms with van der Waals surface area (Å²) in [6.45, 7) is 8.33. The first-order valence-corrected chi connectivity index (χ1v) is 4.89. The third-order valence-corrected chi connectivity index (χ3v) is 2.11. The number of aryl methyl sites for hydroxylation is 1. The zero-order valence-electron chi connectivity index (χ0n) is 8.96. The van der Waals surface area contributed by atoms with Crippen LogP contribution in [0, 0.1) is 0 Å². The minimum Gasteiger partial charge on any atom is -0.316 e. The van der Waals surface area contributed by atoms with Crippen molar-refractivity contribution in [3.05, 3.63) is 17.5 Å². The van der Waals surface area contributed by atoms with Crippen molar-refractivity contribution in [1.29, 1.82) is 0 Å². The van der Waals surface area contributed by atoms with E-state index in [1.807, 2.05) is 11.7 Å². The molecule has 1 heterocycles. The van der Waals surface area contributed by atoms with E-state index in [1.54, 1.807) is 0 Å². The first-order valence-electron chi connectivity index (χ1n) is 4.89. The van der Waals surface area contributed by atoms with Crippen molar-refractivity contribution in [3.8, 4) is 0 Å². The molecule has 0 unspecified atom stereocenters. The quantitative estimate of drug-likeness (QED) is 0.767. The maximum Gasteiger partial charge on any atom is 0.0694 e. The average molecular weight is 181 g/mol. The number of rotatable bonds is 4. The third-order valence-electron chi connectivity index (χ3n) is 2.11. The van der Waals surface area contributed by atoms with Gasteiger partial charge in [-0.3, -0.25) is 4.68 Å². The van der Waals surface area contributed by atoms with Gasteiger partial charge in [0.05, 0.1) is 5.69 Å². The monoisotopic (exact) mass is 181 g/mol. The van der Waals surface area contributed by atoms with Crippen molar-refractivity contribution in [2.45, 2.75) is 39.8 Å². The molecular formula is C10H19N3. The Morgan fingerprint density at radius 2 is 2.23 bits per heavy atom. The van der Waals surface area contributed by atoms with E-state index < -0.39 is 0 Å². The highest BCUT2D eigenvalue weighted by molar-refractivity contribution is 5.19. The van der Waals surface area contributed by atoms with Gasteiger partial charge < -0.3 is 5.32 Å². The van der Waals surface area contributed by atoms with E-state index in [0.29, 0.717) is 5.92 Å². The Morgan fingerprint density at radius 1 is 1.54 bits per heavy atom. The van der Waals surface area contributed by atoms with E-state index in [0.717, 1.165) is 13.1 Å². The molecule has 74 valence electrons. The summed E-state index contributed by atoms with van der Waals surface area (Å²) < 4.78 is 2.00. The van der Waals surface area contributed by atoms with Crippen LogP contribution in [0.3, 0.4) is 0 Å². The Hall–Kier alpha value is -0.830. The Kier molecular flexibility index (Phi) is 3.48. The molecule has 1 aromatic heterocycles. The molecule has 1 aromatic rings. The molecule has 3 nitrogen and oxygen atoms in total. The van der Waals surface area contributed by atoms with E-state index in [9.17, 15) is 0 Å². The highest BCUT2D eigenvalue weighted by Crippen LogP contribution is 2.17. The summed E-state index contributed by atoms with van der Waals surface area (Å²) in [7, 11) is 1.97. The van der Waals surface area contributed by atoms with E-state index in [1.165, 1.54) is 11.3 Å². The maximum atomic E-state index is 4.52. The van der Waals surface area contributed by atoms with Crippen molar-refractivity contribution in [1.82, 2.24) is 15.1 Å². The molecule has 0 spiro atoms. The fourth-order valence-electron chi connectivity index (χ4n) is 1.45. The Balaban J connectivity index is 2.93. The summed E-state index contributed by atoms with van der Waals surface area (Å²) in [4.78, 5) is 0. The van der Waals surface area contributed by atoms with Crippen LogP contribution in [-0.4, -0.2) is 16.8 Å². The molecule has 0 radical (unpaired) electrons. The fraction of sp³-hybridized carbons (Fsp3) is 0.700. The average Bonchev–Trinajstić information content (AvgIpc) is 2.48. The van der Waals surface area contributed by atoms with Crippen LogP contribution in [0.2, 0.25) is 0 Å². The molecule has 0 fully saturated rings. The van der Waals surface area contributed by atoms with Crippen LogP contribution < -0.4 is 5.32 Å². The molecule has 1 rings (SSSR count). The van der Waals surface area contributed by atoms with Gasteiger partial charge in [-0.05, 0) is 19.9 Å². The summed E-state index contributed by atoms with van der Waals surface area (Å²) in [5.41, 5.74) is 2.54. The number of nitrogens with zero attached hydrogens (tertiary/aromatic N) is 2. The third kappa shape index (κ3) is 2.31. The minimum atomic E-state index is 0.510. The lowest BCUT2D eigenvalue weighted by Crippen LogP contribution is -2.06. The number of aromatic nitrogens is 2. The Labute approximate surface area is 80.1 Å². The minimum absolute atomic E-state index is 0.510. The molecule has 1 N–H and O–H groups in total. The highest BCUT2D eigenvalue weighted by atomic mass is 15.3. The lowest BCUT2D eigenvalue weighted by atomic mass is 10.1. The van der Waals surface area contributed by atoms with Crippen LogP contribution in [0.4, 0.5) is 0 Å². The van der Waals surface area contributed by atoms with E-state index in [-0.39, 0.29) is 0 Å². The first-order chi connectivity index (χ1) is 6.19. The molecule has 13 heavy (non-hydrogen) atoms. The van der Waals surface area contributed by atoms with Crippen LogP contribution in [0.15, 0.2) is 6.20 Å². The molecule has 0 bridgehead atoms. The SMILES string of the molecule is CCn1cc(CNC)c(C(C)C)n1. The summed E-state index contributed by atoms with van der Waals surface area (Å²) >= 11 is 0. The topological polar surface area (TPSA) is 29.9 Å². The van der Waals surface area contributed by atoms with Crippen molar-refractivity contribution < 1.29 is 0 Å². The van der Waals surface area contributed by atoms with Gasteiger partial charge >= 0.3 is 0 Å². The molecule has 0 aliphatic carbocycles. The van der Waals surface area contributed by atoms with Gasteiger partial charge in [-0.15, -0.1) is 0 Å². The molecule has 3 heteroatoms. The van der Waals surface area contributed by atoms with Crippen LogP contribution >= 0.6 is 0 Å². The van der Waals surface area contributed by atoms with Gasteiger partial charge in [-0.25, -0.2) is 0 Å². The predicted molar refractivity (Wildman–Crippen MR) is 54.8 cm³/mol. The van der Waals surface area contributed by atoms with Gasteiger partial charge in [0.25, 0.3) is 0 Å². The normalized spacial score (nSPS) is 11.2. The molecule has 0 aliphatic heterocycles. The van der Waals surface area contributed by atoms with Crippen LogP contribution in [0.1, 0.15) is 37.9 Å². The van der Waals surface area contributed by atoms with Gasteiger partial charge in [-0.2, -0.15) is 5.10 Å². The standard InChI is InChI=1S/C10H19N3/c1-5-13-7-9(6-11-4)10(12-13)8(2)3/h7-8,11H,5-6H2,1-4H3. The van der Waals surface area contributed by atoms with Crippen molar-refractivity contribution in [2.24, 2.45) is 0 Å². The van der Waals surface area contributed by atoms with Crippen LogP contribution in [0.25, 0.3) is 0 Å². The molecule has 0 saturated carbocycles. The second-order valence-electron chi connectivity index (χ2n) is 3.58.